The van der Waals surface area contributed by atoms with Crippen molar-refractivity contribution in [3.05, 3.63) is 54.1 Å². The average molecular weight is 457 g/mol. The van der Waals surface area contributed by atoms with Gasteiger partial charge in [-0.15, -0.1) is 0 Å². The highest BCUT2D eigenvalue weighted by Crippen LogP contribution is 2.46. The molecule has 4 nitrogen and oxygen atoms in total. The minimum absolute atomic E-state index is 0.220. The third-order valence-corrected chi connectivity index (χ3v) is 7.63. The van der Waals surface area contributed by atoms with Crippen LogP contribution in [-0.2, 0) is 21.2 Å². The summed E-state index contributed by atoms with van der Waals surface area (Å²) in [5.74, 6) is 1.63. The summed E-state index contributed by atoms with van der Waals surface area (Å²) in [6.45, 7) is 11.0. The molecule has 0 saturated heterocycles. The molecule has 1 fully saturated rings. The van der Waals surface area contributed by atoms with Crippen LogP contribution in [0, 0.1) is 11.8 Å². The molecular formula is C27H40N2O2S. The van der Waals surface area contributed by atoms with Crippen molar-refractivity contribution in [2.75, 3.05) is 10.0 Å². The van der Waals surface area contributed by atoms with Crippen molar-refractivity contribution >= 4 is 28.8 Å². The standard InChI is InChI=1S/C25H34N2O2S.C2H6/c1-4-6-20-15-19(5-2)16-25(3,17-20)21-7-9-23(10-8-21)27-30(29)24-13-11-22(12-14-24)26-18-28;1-2/h7-14,18-20,27H,4-6,15-17H2,1-3H3,(H,26,28);1-2H3. The molecule has 0 radical (unpaired) electrons. The Kier molecular flexibility index (Phi) is 10.4. The van der Waals surface area contributed by atoms with Crippen molar-refractivity contribution < 1.29 is 9.00 Å². The Morgan fingerprint density at radius 2 is 1.56 bits per heavy atom. The maximum atomic E-state index is 12.6. The summed E-state index contributed by atoms with van der Waals surface area (Å²) < 4.78 is 15.7. The summed E-state index contributed by atoms with van der Waals surface area (Å²) >= 11 is 0. The normalized spacial score (nSPS) is 23.4. The first-order valence-corrected chi connectivity index (χ1v) is 13.2. The monoisotopic (exact) mass is 456 g/mol. The zero-order valence-electron chi connectivity index (χ0n) is 20.3. The van der Waals surface area contributed by atoms with E-state index >= 15 is 0 Å². The molecule has 4 atom stereocenters. The largest absolute Gasteiger partial charge is 0.329 e. The summed E-state index contributed by atoms with van der Waals surface area (Å²) in [5.41, 5.74) is 3.14. The van der Waals surface area contributed by atoms with Gasteiger partial charge < -0.3 is 10.0 Å². The quantitative estimate of drug-likeness (QED) is 0.389. The number of anilines is 2. The molecule has 1 amide bonds. The number of carbonyl (C=O) groups is 1. The van der Waals surface area contributed by atoms with Crippen LogP contribution < -0.4 is 10.0 Å². The molecule has 1 saturated carbocycles. The van der Waals surface area contributed by atoms with E-state index in [0.29, 0.717) is 17.0 Å². The van der Waals surface area contributed by atoms with Crippen molar-refractivity contribution in [1.29, 1.82) is 0 Å². The van der Waals surface area contributed by atoms with Gasteiger partial charge in [0, 0.05) is 11.4 Å². The highest BCUT2D eigenvalue weighted by atomic mass is 32.2. The van der Waals surface area contributed by atoms with Crippen LogP contribution in [0.1, 0.15) is 78.7 Å². The molecule has 1 aliphatic rings. The van der Waals surface area contributed by atoms with Gasteiger partial charge in [-0.25, -0.2) is 4.21 Å². The molecule has 5 heteroatoms. The Balaban J connectivity index is 0.00000176. The minimum atomic E-state index is -1.35. The fourth-order valence-corrected chi connectivity index (χ4v) is 5.87. The number of rotatable bonds is 9. The number of benzene rings is 2. The second kappa shape index (κ2) is 12.8. The third-order valence-electron chi connectivity index (χ3n) is 6.51. The average Bonchev–Trinajstić information content (AvgIpc) is 2.81. The van der Waals surface area contributed by atoms with Crippen molar-refractivity contribution in [2.45, 2.75) is 83.5 Å². The molecular weight excluding hydrogens is 416 g/mol. The minimum Gasteiger partial charge on any atom is -0.329 e. The summed E-state index contributed by atoms with van der Waals surface area (Å²) in [7, 11) is -1.35. The highest BCUT2D eigenvalue weighted by Gasteiger charge is 2.37. The molecule has 2 N–H and O–H groups in total. The maximum Gasteiger partial charge on any atom is 0.211 e. The summed E-state index contributed by atoms with van der Waals surface area (Å²) in [6.07, 6.45) is 8.37. The van der Waals surface area contributed by atoms with Crippen LogP contribution in [0.3, 0.4) is 0 Å². The van der Waals surface area contributed by atoms with Crippen molar-refractivity contribution in [3.8, 4) is 0 Å². The van der Waals surface area contributed by atoms with Gasteiger partial charge in [0.15, 0.2) is 0 Å². The van der Waals surface area contributed by atoms with Crippen LogP contribution in [0.25, 0.3) is 0 Å². The zero-order valence-corrected chi connectivity index (χ0v) is 21.1. The van der Waals surface area contributed by atoms with E-state index in [4.69, 9.17) is 0 Å². The van der Waals surface area contributed by atoms with E-state index in [9.17, 15) is 9.00 Å². The number of hydrogen-bond acceptors (Lipinski definition) is 2. The maximum absolute atomic E-state index is 12.6. The Morgan fingerprint density at radius 1 is 0.969 bits per heavy atom. The van der Waals surface area contributed by atoms with Crippen LogP contribution in [0.15, 0.2) is 53.4 Å². The second-order valence-corrected chi connectivity index (χ2v) is 10.1. The van der Waals surface area contributed by atoms with Gasteiger partial charge >= 0.3 is 0 Å². The van der Waals surface area contributed by atoms with Crippen molar-refractivity contribution in [2.24, 2.45) is 11.8 Å². The molecule has 32 heavy (non-hydrogen) atoms. The first-order valence-electron chi connectivity index (χ1n) is 12.1. The van der Waals surface area contributed by atoms with Gasteiger partial charge in [0.1, 0.15) is 11.0 Å². The van der Waals surface area contributed by atoms with Crippen LogP contribution in [0.4, 0.5) is 11.4 Å². The zero-order chi connectivity index (χ0) is 23.6. The highest BCUT2D eigenvalue weighted by molar-refractivity contribution is 7.86. The Morgan fingerprint density at radius 3 is 2.12 bits per heavy atom. The molecule has 0 aliphatic heterocycles. The van der Waals surface area contributed by atoms with Gasteiger partial charge in [-0.3, -0.25) is 4.79 Å². The Labute approximate surface area is 197 Å². The first-order chi connectivity index (χ1) is 15.5. The van der Waals surface area contributed by atoms with Gasteiger partial charge in [-0.1, -0.05) is 66.0 Å². The molecule has 0 aromatic heterocycles. The number of hydrogen-bond donors (Lipinski definition) is 2. The van der Waals surface area contributed by atoms with Crippen LogP contribution in [-0.4, -0.2) is 10.6 Å². The molecule has 176 valence electrons. The van der Waals surface area contributed by atoms with Gasteiger partial charge in [0.05, 0.1) is 4.90 Å². The fraction of sp³-hybridized carbons (Fsp3) is 0.519. The van der Waals surface area contributed by atoms with Gasteiger partial charge in [-0.05, 0) is 78.5 Å². The van der Waals surface area contributed by atoms with E-state index in [-0.39, 0.29) is 5.41 Å². The molecule has 0 bridgehead atoms. The van der Waals surface area contributed by atoms with E-state index in [1.165, 1.54) is 44.1 Å². The van der Waals surface area contributed by atoms with Crippen LogP contribution in [0.2, 0.25) is 0 Å². The molecule has 2 aromatic rings. The lowest BCUT2D eigenvalue weighted by Crippen LogP contribution is -2.34. The smallest absolute Gasteiger partial charge is 0.211 e. The van der Waals surface area contributed by atoms with Crippen molar-refractivity contribution in [3.63, 3.8) is 0 Å². The van der Waals surface area contributed by atoms with E-state index < -0.39 is 11.0 Å². The number of nitrogens with one attached hydrogen (secondary N) is 2. The molecule has 0 heterocycles. The predicted octanol–water partition coefficient (Wildman–Crippen LogP) is 7.30. The Hall–Kier alpha value is -2.14. The lowest BCUT2D eigenvalue weighted by Gasteiger charge is -2.43. The van der Waals surface area contributed by atoms with Crippen LogP contribution in [0.5, 0.6) is 0 Å². The SMILES string of the molecule is CC.CCCC1CC(CC)CC(C)(c2ccc(NS(=O)c3ccc(NC=O)cc3)cc2)C1. The van der Waals surface area contributed by atoms with Gasteiger partial charge in [0.25, 0.3) is 0 Å². The van der Waals surface area contributed by atoms with E-state index in [0.717, 1.165) is 17.5 Å². The van der Waals surface area contributed by atoms with E-state index in [1.807, 2.05) is 26.0 Å². The number of carbonyl (C=O) groups excluding carboxylic acids is 1. The molecule has 3 rings (SSSR count). The second-order valence-electron chi connectivity index (χ2n) is 8.87. The molecule has 4 unspecified atom stereocenters. The lowest BCUT2D eigenvalue weighted by atomic mass is 9.62. The van der Waals surface area contributed by atoms with E-state index in [2.05, 4.69) is 42.9 Å². The predicted molar refractivity (Wildman–Crippen MR) is 137 cm³/mol. The number of amides is 1. The summed E-state index contributed by atoms with van der Waals surface area (Å²) in [6, 6.07) is 15.5. The van der Waals surface area contributed by atoms with Gasteiger partial charge in [-0.2, -0.15) is 0 Å². The topological polar surface area (TPSA) is 58.2 Å². The van der Waals surface area contributed by atoms with Crippen molar-refractivity contribution in [1.82, 2.24) is 0 Å². The fourth-order valence-electron chi connectivity index (χ4n) is 5.02. The lowest BCUT2D eigenvalue weighted by molar-refractivity contribution is -0.105. The molecule has 2 aromatic carbocycles. The van der Waals surface area contributed by atoms with Gasteiger partial charge in [0.2, 0.25) is 6.41 Å². The summed E-state index contributed by atoms with van der Waals surface area (Å²) in [4.78, 5) is 11.2. The first kappa shape index (κ1) is 26.1. The Bertz CT molecular complexity index is 851. The van der Waals surface area contributed by atoms with Crippen LogP contribution >= 0.6 is 0 Å². The van der Waals surface area contributed by atoms with E-state index in [1.54, 1.807) is 24.3 Å². The third kappa shape index (κ3) is 6.93. The molecule has 1 aliphatic carbocycles. The summed E-state index contributed by atoms with van der Waals surface area (Å²) in [5, 5.41) is 2.58. The molecule has 0 spiro atoms.